The molecule has 216 valence electrons. The van der Waals surface area contributed by atoms with Gasteiger partial charge in [-0.25, -0.2) is 9.59 Å². The highest BCUT2D eigenvalue weighted by molar-refractivity contribution is 6.05. The quantitative estimate of drug-likeness (QED) is 0.276. The summed E-state index contributed by atoms with van der Waals surface area (Å²) in [6.07, 6.45) is -1.21. The summed E-state index contributed by atoms with van der Waals surface area (Å²) in [6, 6.07) is 0. The Morgan fingerprint density at radius 2 is 1.03 bits per heavy atom. The van der Waals surface area contributed by atoms with Crippen LogP contribution >= 0.6 is 0 Å². The fourth-order valence-corrected chi connectivity index (χ4v) is 3.40. The highest BCUT2D eigenvalue weighted by atomic mass is 16.6. The van der Waals surface area contributed by atoms with E-state index in [9.17, 15) is 28.8 Å². The lowest BCUT2D eigenvalue weighted by Gasteiger charge is -2.45. The number of esters is 2. The monoisotopic (exact) mass is 545 g/mol. The topological polar surface area (TPSA) is 192 Å². The van der Waals surface area contributed by atoms with Crippen LogP contribution in [0.2, 0.25) is 0 Å². The second kappa shape index (κ2) is 11.9. The van der Waals surface area contributed by atoms with Gasteiger partial charge in [0.2, 0.25) is 5.91 Å². The molecule has 0 radical (unpaired) electrons. The van der Waals surface area contributed by atoms with Crippen molar-refractivity contribution in [2.75, 3.05) is 39.4 Å². The number of carboxylic acid groups (broad SMARTS) is 1. The molecule has 2 aliphatic heterocycles. The van der Waals surface area contributed by atoms with Crippen LogP contribution in [0, 0.1) is 10.8 Å². The zero-order valence-corrected chi connectivity index (χ0v) is 23.2. The Balaban J connectivity index is 0.000000380. The number of carbonyl (C=O) groups excluding carboxylic acids is 5. The molecule has 2 aliphatic rings. The van der Waals surface area contributed by atoms with Crippen LogP contribution in [-0.2, 0) is 38.1 Å². The average molecular weight is 546 g/mol. The van der Waals surface area contributed by atoms with E-state index in [0.29, 0.717) is 0 Å². The van der Waals surface area contributed by atoms with Crippen LogP contribution in [0.3, 0.4) is 0 Å². The van der Waals surface area contributed by atoms with Crippen molar-refractivity contribution in [2.45, 2.75) is 66.6 Å². The molecule has 0 aliphatic carbocycles. The third-order valence-corrected chi connectivity index (χ3v) is 5.36. The van der Waals surface area contributed by atoms with Gasteiger partial charge in [-0.1, -0.05) is 0 Å². The van der Waals surface area contributed by atoms with E-state index in [1.165, 1.54) is 9.80 Å². The van der Waals surface area contributed by atoms with Gasteiger partial charge >= 0.3 is 30.1 Å². The number of aliphatic carboxylic acids is 1. The summed E-state index contributed by atoms with van der Waals surface area (Å²) in [5.74, 6) is -3.58. The van der Waals surface area contributed by atoms with Gasteiger partial charge in [-0.2, -0.15) is 0 Å². The maximum Gasteiger partial charge on any atom is 0.410 e. The number of hydrogen-bond acceptors (Lipinski definition) is 10. The minimum atomic E-state index is -1.66. The fourth-order valence-electron chi connectivity index (χ4n) is 3.40. The third-order valence-electron chi connectivity index (χ3n) is 5.36. The molecular weight excluding hydrogens is 506 g/mol. The van der Waals surface area contributed by atoms with Gasteiger partial charge in [0.25, 0.3) is 0 Å². The predicted molar refractivity (Wildman–Crippen MR) is 131 cm³/mol. The first-order chi connectivity index (χ1) is 17.2. The normalized spacial score (nSPS) is 17.4. The summed E-state index contributed by atoms with van der Waals surface area (Å²) in [6.45, 7) is 13.2. The molecule has 0 saturated carbocycles. The first-order valence-electron chi connectivity index (χ1n) is 12.1. The number of ether oxygens (including phenoxy) is 4. The van der Waals surface area contributed by atoms with Crippen LogP contribution in [0.5, 0.6) is 0 Å². The van der Waals surface area contributed by atoms with E-state index >= 15 is 0 Å². The van der Waals surface area contributed by atoms with Crippen LogP contribution in [-0.4, -0.2) is 102 Å². The Hall–Kier alpha value is -3.58. The molecule has 14 nitrogen and oxygen atoms in total. The van der Waals surface area contributed by atoms with Crippen LogP contribution in [0.1, 0.15) is 55.4 Å². The first-order valence-corrected chi connectivity index (χ1v) is 12.1. The standard InChI is InChI=1S/C12H20N2O5.C12H19NO6/c1-5-18-9(16)12(8(13)15)6-14(7-12)10(17)19-11(2,3)4;1-5-18-9(16)12(8(14)15)6-13(7-12)10(17)19-11(2,3)4/h5-7H2,1-4H3,(H2,13,15);5-7H2,1-4H3,(H,14,15). The molecule has 38 heavy (non-hydrogen) atoms. The van der Waals surface area contributed by atoms with E-state index in [1.807, 2.05) is 0 Å². The lowest BCUT2D eigenvalue weighted by Crippen LogP contribution is -2.68. The van der Waals surface area contributed by atoms with Crippen molar-refractivity contribution in [1.82, 2.24) is 9.80 Å². The van der Waals surface area contributed by atoms with E-state index < -0.39 is 58.0 Å². The molecule has 3 amide bonds. The molecule has 14 heteroatoms. The molecular formula is C24H39N3O11. The lowest BCUT2D eigenvalue weighted by atomic mass is 9.79. The minimum absolute atomic E-state index is 0.0975. The highest BCUT2D eigenvalue weighted by Gasteiger charge is 2.59. The Morgan fingerprint density at radius 1 is 0.711 bits per heavy atom. The van der Waals surface area contributed by atoms with Crippen LogP contribution in [0.4, 0.5) is 9.59 Å². The summed E-state index contributed by atoms with van der Waals surface area (Å²) in [5, 5.41) is 9.13. The van der Waals surface area contributed by atoms with Crippen molar-refractivity contribution >= 4 is 36.0 Å². The van der Waals surface area contributed by atoms with Crippen molar-refractivity contribution in [3.8, 4) is 0 Å². The summed E-state index contributed by atoms with van der Waals surface area (Å²) in [7, 11) is 0. The van der Waals surface area contributed by atoms with E-state index in [2.05, 4.69) is 0 Å². The number of carbonyl (C=O) groups is 6. The van der Waals surface area contributed by atoms with Crippen LogP contribution in [0.15, 0.2) is 0 Å². The SMILES string of the molecule is CCOC(=O)C1(C(=O)O)CN(C(=O)OC(C)(C)C)C1.CCOC(=O)C1(C(N)=O)CN(C(=O)OC(C)(C)C)C1. The van der Waals surface area contributed by atoms with Gasteiger partial charge in [0.1, 0.15) is 11.2 Å². The molecule has 0 aromatic rings. The van der Waals surface area contributed by atoms with Crippen LogP contribution < -0.4 is 5.73 Å². The summed E-state index contributed by atoms with van der Waals surface area (Å²) < 4.78 is 19.8. The van der Waals surface area contributed by atoms with Gasteiger partial charge in [-0.05, 0) is 55.4 Å². The number of primary amides is 1. The van der Waals surface area contributed by atoms with Crippen molar-refractivity contribution < 1.29 is 52.8 Å². The molecule has 0 unspecified atom stereocenters. The summed E-state index contributed by atoms with van der Waals surface area (Å²) >= 11 is 0. The van der Waals surface area contributed by atoms with Gasteiger partial charge in [0.15, 0.2) is 10.8 Å². The average Bonchev–Trinajstić information content (AvgIpc) is 2.63. The predicted octanol–water partition coefficient (Wildman–Crippen LogP) is 1.14. The number of likely N-dealkylation sites (tertiary alicyclic amines) is 2. The fraction of sp³-hybridized carbons (Fsp3) is 0.750. The van der Waals surface area contributed by atoms with Crippen molar-refractivity contribution in [3.05, 3.63) is 0 Å². The molecule has 2 rings (SSSR count). The van der Waals surface area contributed by atoms with Gasteiger partial charge in [-0.15, -0.1) is 0 Å². The molecule has 2 saturated heterocycles. The van der Waals surface area contributed by atoms with Gasteiger partial charge in [0, 0.05) is 0 Å². The number of rotatable bonds is 6. The number of hydrogen-bond donors (Lipinski definition) is 2. The molecule has 3 N–H and O–H groups in total. The lowest BCUT2D eigenvalue weighted by molar-refractivity contribution is -0.180. The van der Waals surface area contributed by atoms with Gasteiger partial charge < -0.3 is 39.6 Å². The van der Waals surface area contributed by atoms with E-state index in [0.717, 1.165) is 0 Å². The highest BCUT2D eigenvalue weighted by Crippen LogP contribution is 2.34. The molecule has 0 spiro atoms. The van der Waals surface area contributed by atoms with Crippen molar-refractivity contribution in [3.63, 3.8) is 0 Å². The van der Waals surface area contributed by atoms with Crippen LogP contribution in [0.25, 0.3) is 0 Å². The van der Waals surface area contributed by atoms with Gasteiger partial charge in [0.05, 0.1) is 39.4 Å². The smallest absolute Gasteiger partial charge is 0.410 e. The second-order valence-electron chi connectivity index (χ2n) is 10.9. The Bertz CT molecular complexity index is 861. The number of nitrogens with zero attached hydrogens (tertiary/aromatic N) is 2. The van der Waals surface area contributed by atoms with E-state index in [4.69, 9.17) is 29.8 Å². The van der Waals surface area contributed by atoms with Crippen molar-refractivity contribution in [2.24, 2.45) is 16.6 Å². The molecule has 0 atom stereocenters. The number of nitrogens with two attached hydrogens (primary N) is 1. The van der Waals surface area contributed by atoms with E-state index in [-0.39, 0.29) is 39.4 Å². The number of carboxylic acids is 1. The maximum atomic E-state index is 11.7. The third kappa shape index (κ3) is 7.71. The minimum Gasteiger partial charge on any atom is -0.480 e. The maximum absolute atomic E-state index is 11.7. The summed E-state index contributed by atoms with van der Waals surface area (Å²) in [5.41, 5.74) is 0.840. The Labute approximate surface area is 221 Å². The molecule has 2 heterocycles. The first kappa shape index (κ1) is 32.4. The Morgan fingerprint density at radius 3 is 1.29 bits per heavy atom. The second-order valence-corrected chi connectivity index (χ2v) is 10.9. The largest absolute Gasteiger partial charge is 0.480 e. The van der Waals surface area contributed by atoms with Gasteiger partial charge in [-0.3, -0.25) is 19.2 Å². The van der Waals surface area contributed by atoms with Crippen molar-refractivity contribution in [1.29, 1.82) is 0 Å². The molecule has 2 fully saturated rings. The molecule has 0 bridgehead atoms. The van der Waals surface area contributed by atoms with E-state index in [1.54, 1.807) is 55.4 Å². The molecule has 0 aromatic carbocycles. The number of amides is 3. The molecule has 0 aromatic heterocycles. The zero-order valence-electron chi connectivity index (χ0n) is 23.2. The Kier molecular flexibility index (Phi) is 10.1. The zero-order chi connectivity index (χ0) is 29.7. The summed E-state index contributed by atoms with van der Waals surface area (Å²) in [4.78, 5) is 71.9.